The number of carbonyl (C=O) groups excluding carboxylic acids is 3. The number of nitrogens with two attached hydrogens (primary N) is 2. The van der Waals surface area contributed by atoms with Crippen LogP contribution in [0.4, 0.5) is 0 Å². The van der Waals surface area contributed by atoms with Crippen molar-refractivity contribution in [1.29, 1.82) is 0 Å². The van der Waals surface area contributed by atoms with Gasteiger partial charge in [0.15, 0.2) is 0 Å². The lowest BCUT2D eigenvalue weighted by Gasteiger charge is -2.22. The molecule has 0 aliphatic heterocycles. The van der Waals surface area contributed by atoms with Crippen molar-refractivity contribution in [3.05, 3.63) is 0 Å². The molecule has 26 heavy (non-hydrogen) atoms. The van der Waals surface area contributed by atoms with Crippen LogP contribution in [0.25, 0.3) is 0 Å². The van der Waals surface area contributed by atoms with Crippen molar-refractivity contribution in [3.63, 3.8) is 0 Å². The number of unbranched alkanes of at least 4 members (excludes halogenated alkanes) is 1. The minimum Gasteiger partial charge on any atom is -0.480 e. The molecule has 0 aliphatic carbocycles. The second-order valence-corrected chi connectivity index (χ2v) is 5.86. The normalized spacial score (nSPS) is 14.0. The first kappa shape index (κ1) is 24.1. The Bertz CT molecular complexity index is 492. The van der Waals surface area contributed by atoms with E-state index in [4.69, 9.17) is 16.6 Å². The highest BCUT2D eigenvalue weighted by molar-refractivity contribution is 7.80. The third-order valence-electron chi connectivity index (χ3n) is 3.35. The molecule has 0 saturated carbocycles. The largest absolute Gasteiger partial charge is 0.480 e. The minimum absolute atomic E-state index is 0.109. The van der Waals surface area contributed by atoms with Crippen LogP contribution in [0.15, 0.2) is 0 Å². The summed E-state index contributed by atoms with van der Waals surface area (Å²) in [6, 6.07) is -3.30. The monoisotopic (exact) mass is 393 g/mol. The molecule has 150 valence electrons. The van der Waals surface area contributed by atoms with E-state index in [0.717, 1.165) is 0 Å². The predicted octanol–water partition coefficient (Wildman–Crippen LogP) is -3.46. The van der Waals surface area contributed by atoms with Crippen LogP contribution in [0.5, 0.6) is 0 Å². The number of carboxylic acids is 1. The van der Waals surface area contributed by atoms with Gasteiger partial charge in [-0.15, -0.1) is 0 Å². The van der Waals surface area contributed by atoms with Crippen LogP contribution < -0.4 is 27.4 Å². The topological polar surface area (TPSA) is 197 Å². The fourth-order valence-corrected chi connectivity index (χ4v) is 2.12. The van der Waals surface area contributed by atoms with Gasteiger partial charge in [0, 0.05) is 5.75 Å². The molecule has 12 heteroatoms. The Morgan fingerprint density at radius 1 is 1.00 bits per heavy atom. The summed E-state index contributed by atoms with van der Waals surface area (Å²) < 4.78 is 0. The third kappa shape index (κ3) is 9.56. The quantitative estimate of drug-likeness (QED) is 0.117. The average Bonchev–Trinajstić information content (AvgIpc) is 2.61. The molecule has 0 rings (SSSR count). The van der Waals surface area contributed by atoms with Gasteiger partial charge in [0.2, 0.25) is 17.7 Å². The number of nitrogens with one attached hydrogen (secondary N) is 3. The Hall–Kier alpha value is -1.89. The van der Waals surface area contributed by atoms with Gasteiger partial charge in [0.05, 0.1) is 12.6 Å². The smallest absolute Gasteiger partial charge is 0.322 e. The SMILES string of the molecule is NCCCCC(N)C(=O)NC(CO)C(=O)NC(CS)C(=O)NCC(=O)O. The molecule has 0 radical (unpaired) electrons. The van der Waals surface area contributed by atoms with E-state index < -0.39 is 55.0 Å². The molecule has 9 N–H and O–H groups in total. The van der Waals surface area contributed by atoms with Crippen molar-refractivity contribution in [2.45, 2.75) is 37.4 Å². The van der Waals surface area contributed by atoms with E-state index in [-0.39, 0.29) is 5.75 Å². The second-order valence-electron chi connectivity index (χ2n) is 5.49. The van der Waals surface area contributed by atoms with Crippen LogP contribution in [0, 0.1) is 0 Å². The van der Waals surface area contributed by atoms with E-state index in [2.05, 4.69) is 28.6 Å². The van der Waals surface area contributed by atoms with E-state index >= 15 is 0 Å². The molecule has 0 aliphatic rings. The zero-order chi connectivity index (χ0) is 20.1. The van der Waals surface area contributed by atoms with Crippen LogP contribution in [0.3, 0.4) is 0 Å². The highest BCUT2D eigenvalue weighted by Gasteiger charge is 2.27. The number of aliphatic carboxylic acids is 1. The van der Waals surface area contributed by atoms with Crippen molar-refractivity contribution in [3.8, 4) is 0 Å². The summed E-state index contributed by atoms with van der Waals surface area (Å²) in [6.07, 6.45) is 1.73. The lowest BCUT2D eigenvalue weighted by Crippen LogP contribution is -2.57. The highest BCUT2D eigenvalue weighted by Crippen LogP contribution is 1.99. The standard InChI is InChI=1S/C14H27N5O6S/c15-4-2-1-3-8(16)12(23)18-9(6-20)14(25)19-10(7-26)13(24)17-5-11(21)22/h8-10,20,26H,1-7,15-16H2,(H,17,24)(H,18,23)(H,19,25)(H,21,22). The van der Waals surface area contributed by atoms with Gasteiger partial charge in [-0.05, 0) is 19.4 Å². The molecule has 3 amide bonds. The van der Waals surface area contributed by atoms with Crippen molar-refractivity contribution < 1.29 is 29.4 Å². The molecule has 0 spiro atoms. The van der Waals surface area contributed by atoms with Gasteiger partial charge in [-0.1, -0.05) is 6.42 Å². The summed E-state index contributed by atoms with van der Waals surface area (Å²) in [6.45, 7) is -0.842. The van der Waals surface area contributed by atoms with Gasteiger partial charge in [-0.25, -0.2) is 0 Å². The fourth-order valence-electron chi connectivity index (χ4n) is 1.86. The van der Waals surface area contributed by atoms with Crippen LogP contribution in [-0.2, 0) is 19.2 Å². The number of hydrogen-bond donors (Lipinski definition) is 8. The predicted molar refractivity (Wildman–Crippen MR) is 96.3 cm³/mol. The zero-order valence-electron chi connectivity index (χ0n) is 14.3. The third-order valence-corrected chi connectivity index (χ3v) is 3.72. The van der Waals surface area contributed by atoms with E-state index in [1.807, 2.05) is 0 Å². The van der Waals surface area contributed by atoms with Gasteiger partial charge >= 0.3 is 5.97 Å². The number of aliphatic hydroxyl groups excluding tert-OH is 1. The lowest BCUT2D eigenvalue weighted by atomic mass is 10.1. The fraction of sp³-hybridized carbons (Fsp3) is 0.714. The Balaban J connectivity index is 4.63. The molecule has 3 unspecified atom stereocenters. The zero-order valence-corrected chi connectivity index (χ0v) is 15.2. The summed E-state index contributed by atoms with van der Waals surface area (Å²) in [5, 5.41) is 24.5. The number of aliphatic hydroxyl groups is 1. The Kier molecular flexibility index (Phi) is 12.4. The van der Waals surface area contributed by atoms with E-state index in [0.29, 0.717) is 25.8 Å². The van der Waals surface area contributed by atoms with Gasteiger partial charge < -0.3 is 37.6 Å². The molecule has 0 aromatic heterocycles. The van der Waals surface area contributed by atoms with Crippen LogP contribution >= 0.6 is 12.6 Å². The first-order valence-corrected chi connectivity index (χ1v) is 8.67. The van der Waals surface area contributed by atoms with E-state index in [9.17, 15) is 24.3 Å². The Morgan fingerprint density at radius 3 is 2.12 bits per heavy atom. The van der Waals surface area contributed by atoms with E-state index in [1.54, 1.807) is 0 Å². The van der Waals surface area contributed by atoms with E-state index in [1.165, 1.54) is 0 Å². The van der Waals surface area contributed by atoms with Crippen LogP contribution in [0.2, 0.25) is 0 Å². The number of amides is 3. The molecule has 0 saturated heterocycles. The highest BCUT2D eigenvalue weighted by atomic mass is 32.1. The van der Waals surface area contributed by atoms with Crippen molar-refractivity contribution >= 4 is 36.3 Å². The second kappa shape index (κ2) is 13.3. The molecule has 3 atom stereocenters. The van der Waals surface area contributed by atoms with Gasteiger partial charge in [0.1, 0.15) is 18.6 Å². The van der Waals surface area contributed by atoms with Crippen molar-refractivity contribution in [2.24, 2.45) is 11.5 Å². The Morgan fingerprint density at radius 2 is 1.62 bits per heavy atom. The summed E-state index contributed by atoms with van der Waals surface area (Å²) in [7, 11) is 0. The molecule has 0 heterocycles. The number of carbonyl (C=O) groups is 4. The maximum Gasteiger partial charge on any atom is 0.322 e. The number of rotatable bonds is 13. The summed E-state index contributed by atoms with van der Waals surface area (Å²) in [5.41, 5.74) is 11.1. The summed E-state index contributed by atoms with van der Waals surface area (Å²) in [4.78, 5) is 46.3. The van der Waals surface area contributed by atoms with Gasteiger partial charge in [-0.3, -0.25) is 19.2 Å². The van der Waals surface area contributed by atoms with Crippen LogP contribution in [-0.4, -0.2) is 77.5 Å². The maximum atomic E-state index is 12.1. The van der Waals surface area contributed by atoms with Crippen molar-refractivity contribution in [1.82, 2.24) is 16.0 Å². The number of hydrogen-bond acceptors (Lipinski definition) is 8. The van der Waals surface area contributed by atoms with Gasteiger partial charge in [-0.2, -0.15) is 12.6 Å². The number of carboxylic acid groups (broad SMARTS) is 1. The molecular formula is C14H27N5O6S. The Labute approximate surface area is 156 Å². The summed E-state index contributed by atoms with van der Waals surface area (Å²) >= 11 is 3.92. The molecule has 0 bridgehead atoms. The lowest BCUT2D eigenvalue weighted by molar-refractivity contribution is -0.138. The first-order valence-electron chi connectivity index (χ1n) is 8.04. The molecular weight excluding hydrogens is 366 g/mol. The van der Waals surface area contributed by atoms with Crippen molar-refractivity contribution in [2.75, 3.05) is 25.4 Å². The van der Waals surface area contributed by atoms with Gasteiger partial charge in [0.25, 0.3) is 0 Å². The molecule has 0 aromatic rings. The first-order chi connectivity index (χ1) is 12.3. The maximum absolute atomic E-state index is 12.1. The molecule has 0 aromatic carbocycles. The number of thiol groups is 1. The van der Waals surface area contributed by atoms with Crippen LogP contribution in [0.1, 0.15) is 19.3 Å². The molecule has 11 nitrogen and oxygen atoms in total. The average molecular weight is 393 g/mol. The summed E-state index contributed by atoms with van der Waals surface area (Å²) in [5.74, 6) is -3.54. The molecule has 0 fully saturated rings. The minimum atomic E-state index is -1.31.